The van der Waals surface area contributed by atoms with Crippen LogP contribution < -0.4 is 4.74 Å². The molecule has 0 N–H and O–H groups in total. The number of piperazine rings is 1. The number of methoxy groups -OCH3 is 1. The Balaban J connectivity index is 1.18. The lowest BCUT2D eigenvalue weighted by molar-refractivity contribution is -0.132. The van der Waals surface area contributed by atoms with Gasteiger partial charge in [0, 0.05) is 62.1 Å². The largest absolute Gasteiger partial charge is 0.497 e. The molecule has 160 valence electrons. The van der Waals surface area contributed by atoms with Crippen LogP contribution in [0, 0.1) is 0 Å². The van der Waals surface area contributed by atoms with E-state index in [1.165, 1.54) is 0 Å². The van der Waals surface area contributed by atoms with Crippen molar-refractivity contribution in [2.24, 2.45) is 0 Å². The fourth-order valence-electron chi connectivity index (χ4n) is 4.08. The Labute approximate surface area is 184 Å². The highest BCUT2D eigenvalue weighted by atomic mass is 35.5. The van der Waals surface area contributed by atoms with Crippen LogP contribution >= 0.6 is 11.6 Å². The maximum atomic E-state index is 12.9. The van der Waals surface area contributed by atoms with Crippen molar-refractivity contribution in [3.05, 3.63) is 65.3 Å². The molecule has 0 atom stereocenters. The minimum absolute atomic E-state index is 0.126. The van der Waals surface area contributed by atoms with Crippen molar-refractivity contribution in [1.29, 1.82) is 0 Å². The topological polar surface area (TPSA) is 63.2 Å². The molecule has 1 fully saturated rings. The minimum atomic E-state index is 0.126. The van der Waals surface area contributed by atoms with Crippen LogP contribution in [0.1, 0.15) is 11.3 Å². The summed E-state index contributed by atoms with van der Waals surface area (Å²) in [5, 5.41) is 1.65. The zero-order valence-electron chi connectivity index (χ0n) is 17.3. The molecule has 1 amide bonds. The number of fused-ring (bicyclic) bond motifs is 2. The molecule has 0 unspecified atom stereocenters. The summed E-state index contributed by atoms with van der Waals surface area (Å²) in [5.41, 5.74) is 3.54. The smallest absolute Gasteiger partial charge is 0.227 e. The SMILES string of the molecule is COc1ccc2c(CC(=O)N3CCN(Cc4cn5cc(Cl)ccc5n4)CC3)coc2c1. The van der Waals surface area contributed by atoms with Crippen molar-refractivity contribution in [1.82, 2.24) is 19.2 Å². The Kier molecular flexibility index (Phi) is 5.29. The van der Waals surface area contributed by atoms with Gasteiger partial charge in [0.15, 0.2) is 0 Å². The van der Waals surface area contributed by atoms with Crippen LogP contribution in [0.3, 0.4) is 0 Å². The van der Waals surface area contributed by atoms with E-state index in [2.05, 4.69) is 9.88 Å². The Bertz CT molecular complexity index is 1240. The number of amides is 1. The number of pyridine rings is 1. The van der Waals surface area contributed by atoms with Crippen LogP contribution in [-0.4, -0.2) is 58.4 Å². The van der Waals surface area contributed by atoms with Gasteiger partial charge < -0.3 is 18.5 Å². The summed E-state index contributed by atoms with van der Waals surface area (Å²) in [7, 11) is 1.62. The van der Waals surface area contributed by atoms with Gasteiger partial charge in [-0.25, -0.2) is 4.98 Å². The van der Waals surface area contributed by atoms with Gasteiger partial charge in [0.25, 0.3) is 0 Å². The van der Waals surface area contributed by atoms with Crippen molar-refractivity contribution in [3.63, 3.8) is 0 Å². The molecule has 1 saturated heterocycles. The molecule has 1 aliphatic rings. The molecule has 1 aromatic carbocycles. The second kappa shape index (κ2) is 8.24. The Morgan fingerprint density at radius 1 is 1.16 bits per heavy atom. The zero-order chi connectivity index (χ0) is 21.4. The van der Waals surface area contributed by atoms with E-state index >= 15 is 0 Å². The third-order valence-electron chi connectivity index (χ3n) is 5.78. The van der Waals surface area contributed by atoms with Gasteiger partial charge in [0.1, 0.15) is 17.0 Å². The monoisotopic (exact) mass is 438 g/mol. The molecule has 3 aromatic heterocycles. The highest BCUT2D eigenvalue weighted by Gasteiger charge is 2.23. The van der Waals surface area contributed by atoms with Gasteiger partial charge in [-0.1, -0.05) is 11.6 Å². The second-order valence-electron chi connectivity index (χ2n) is 7.80. The number of nitrogens with zero attached hydrogens (tertiary/aromatic N) is 4. The number of halogens is 1. The molecule has 8 heteroatoms. The normalized spacial score (nSPS) is 15.1. The lowest BCUT2D eigenvalue weighted by Crippen LogP contribution is -2.48. The first-order valence-corrected chi connectivity index (χ1v) is 10.6. The van der Waals surface area contributed by atoms with Crippen LogP contribution in [0.15, 0.2) is 53.4 Å². The quantitative estimate of drug-likeness (QED) is 0.476. The third-order valence-corrected chi connectivity index (χ3v) is 6.00. The lowest BCUT2D eigenvalue weighted by atomic mass is 10.1. The summed E-state index contributed by atoms with van der Waals surface area (Å²) in [6.45, 7) is 3.83. The maximum Gasteiger partial charge on any atom is 0.227 e. The van der Waals surface area contributed by atoms with E-state index in [0.717, 1.165) is 53.3 Å². The summed E-state index contributed by atoms with van der Waals surface area (Å²) >= 11 is 6.05. The number of carbonyl (C=O) groups is 1. The van der Waals surface area contributed by atoms with Gasteiger partial charge in [0.05, 0.1) is 30.5 Å². The Hall–Kier alpha value is -3.03. The summed E-state index contributed by atoms with van der Waals surface area (Å²) in [6, 6.07) is 9.43. The third kappa shape index (κ3) is 4.11. The molecule has 31 heavy (non-hydrogen) atoms. The van der Waals surface area contributed by atoms with E-state index in [-0.39, 0.29) is 5.91 Å². The number of imidazole rings is 1. The predicted octanol–water partition coefficient (Wildman–Crippen LogP) is 3.63. The fourth-order valence-corrected chi connectivity index (χ4v) is 4.25. The number of rotatable bonds is 5. The van der Waals surface area contributed by atoms with Gasteiger partial charge in [-0.3, -0.25) is 9.69 Å². The number of aromatic nitrogens is 2. The van der Waals surface area contributed by atoms with E-state index in [9.17, 15) is 4.79 Å². The molecule has 4 aromatic rings. The molecule has 0 bridgehead atoms. The van der Waals surface area contributed by atoms with Gasteiger partial charge in [0.2, 0.25) is 5.91 Å². The maximum absolute atomic E-state index is 12.9. The van der Waals surface area contributed by atoms with Gasteiger partial charge >= 0.3 is 0 Å². The molecule has 7 nitrogen and oxygen atoms in total. The van der Waals surface area contributed by atoms with Crippen molar-refractivity contribution in [2.45, 2.75) is 13.0 Å². The van der Waals surface area contributed by atoms with E-state index in [1.807, 2.05) is 52.0 Å². The van der Waals surface area contributed by atoms with Gasteiger partial charge in [-0.05, 0) is 24.3 Å². The first kappa shape index (κ1) is 19.9. The predicted molar refractivity (Wildman–Crippen MR) is 119 cm³/mol. The van der Waals surface area contributed by atoms with E-state index in [0.29, 0.717) is 24.5 Å². The van der Waals surface area contributed by atoms with E-state index in [1.54, 1.807) is 13.4 Å². The minimum Gasteiger partial charge on any atom is -0.497 e. The lowest BCUT2D eigenvalue weighted by Gasteiger charge is -2.34. The highest BCUT2D eigenvalue weighted by Crippen LogP contribution is 2.26. The van der Waals surface area contributed by atoms with Gasteiger partial charge in [-0.15, -0.1) is 0 Å². The Morgan fingerprint density at radius 2 is 2.00 bits per heavy atom. The zero-order valence-corrected chi connectivity index (χ0v) is 18.0. The van der Waals surface area contributed by atoms with Crippen molar-refractivity contribution in [3.8, 4) is 5.75 Å². The van der Waals surface area contributed by atoms with Crippen molar-refractivity contribution in [2.75, 3.05) is 33.3 Å². The molecule has 5 rings (SSSR count). The van der Waals surface area contributed by atoms with Crippen LogP contribution in [0.2, 0.25) is 5.02 Å². The van der Waals surface area contributed by atoms with Crippen LogP contribution in [0.4, 0.5) is 0 Å². The second-order valence-corrected chi connectivity index (χ2v) is 8.24. The fraction of sp³-hybridized carbons (Fsp3) is 0.304. The number of hydrogen-bond donors (Lipinski definition) is 0. The highest BCUT2D eigenvalue weighted by molar-refractivity contribution is 6.30. The molecule has 0 radical (unpaired) electrons. The molecule has 0 saturated carbocycles. The molecular formula is C23H23ClN4O3. The first-order valence-electron chi connectivity index (χ1n) is 10.3. The van der Waals surface area contributed by atoms with Crippen LogP contribution in [-0.2, 0) is 17.8 Å². The van der Waals surface area contributed by atoms with Crippen molar-refractivity contribution < 1.29 is 13.9 Å². The average Bonchev–Trinajstić information content (AvgIpc) is 3.36. The number of carbonyl (C=O) groups excluding carboxylic acids is 1. The average molecular weight is 439 g/mol. The molecule has 1 aliphatic heterocycles. The number of furan rings is 1. The number of ether oxygens (including phenoxy) is 1. The first-order chi connectivity index (χ1) is 15.1. The van der Waals surface area contributed by atoms with Gasteiger partial charge in [-0.2, -0.15) is 0 Å². The van der Waals surface area contributed by atoms with E-state index in [4.69, 9.17) is 20.8 Å². The van der Waals surface area contributed by atoms with Crippen LogP contribution in [0.25, 0.3) is 16.6 Å². The Morgan fingerprint density at radius 3 is 2.81 bits per heavy atom. The summed E-state index contributed by atoms with van der Waals surface area (Å²) in [5.74, 6) is 0.866. The van der Waals surface area contributed by atoms with Crippen molar-refractivity contribution >= 4 is 34.1 Å². The molecule has 0 aliphatic carbocycles. The number of hydrogen-bond acceptors (Lipinski definition) is 5. The standard InChI is InChI=1S/C23H23ClN4O3/c1-30-19-3-4-20-16(15-31-21(20)11-19)10-23(29)27-8-6-26(7-9-27)13-18-14-28-12-17(24)2-5-22(28)25-18/h2-5,11-12,14-15H,6-10,13H2,1H3. The summed E-state index contributed by atoms with van der Waals surface area (Å²) < 4.78 is 12.8. The molecule has 4 heterocycles. The summed E-state index contributed by atoms with van der Waals surface area (Å²) in [4.78, 5) is 21.8. The molecular weight excluding hydrogens is 416 g/mol. The van der Waals surface area contributed by atoms with E-state index < -0.39 is 0 Å². The summed E-state index contributed by atoms with van der Waals surface area (Å²) in [6.07, 6.45) is 5.89. The number of benzene rings is 1. The van der Waals surface area contributed by atoms with Crippen LogP contribution in [0.5, 0.6) is 5.75 Å². The molecule has 0 spiro atoms.